The molecule has 1 fully saturated rings. The number of benzene rings is 1. The summed E-state index contributed by atoms with van der Waals surface area (Å²) < 4.78 is 21.9. The predicted molar refractivity (Wildman–Crippen MR) is 147 cm³/mol. The number of likely N-dealkylation sites (N-methyl/N-ethyl adjacent to an activating group) is 1. The second-order valence-electron chi connectivity index (χ2n) is 9.76. The van der Waals surface area contributed by atoms with Crippen LogP contribution in [0.5, 0.6) is 5.75 Å². The molecular formula is C26H32Cl2FN7O2. The molecule has 4 N–H and O–H groups in total. The fourth-order valence-corrected chi connectivity index (χ4v) is 5.29. The molecule has 1 aliphatic heterocycles. The standard InChI is InChI=1S/C26H32Cl2FN7O2/c1-15(23-19(27)4-5-20(29)24(23)28)38-22-10-16(11-32-25(22)31)17-12-33-36(13-17)18-6-8-35(9-7-18)26(37)21(30)14-34(2)3/h4-5,10-13,15,18,21H,6-9,14,30H2,1-3H3,(H2,31,32)/t15-,21+/m1/s1. The van der Waals surface area contributed by atoms with Gasteiger partial charge < -0.3 is 26.0 Å². The Bertz CT molecular complexity index is 1290. The van der Waals surface area contributed by atoms with Crippen LogP contribution in [0.4, 0.5) is 10.2 Å². The van der Waals surface area contributed by atoms with Gasteiger partial charge in [0, 0.05) is 53.7 Å². The average molecular weight is 564 g/mol. The third kappa shape index (κ3) is 6.20. The normalized spacial score (nSPS) is 16.1. The second-order valence-corrected chi connectivity index (χ2v) is 10.5. The quantitative estimate of drug-likeness (QED) is 0.395. The van der Waals surface area contributed by atoms with Gasteiger partial charge in [0.25, 0.3) is 0 Å². The molecule has 0 bridgehead atoms. The van der Waals surface area contributed by atoms with E-state index in [0.717, 1.165) is 24.0 Å². The maximum Gasteiger partial charge on any atom is 0.240 e. The number of piperidine rings is 1. The van der Waals surface area contributed by atoms with Gasteiger partial charge in [0.2, 0.25) is 5.91 Å². The van der Waals surface area contributed by atoms with Crippen LogP contribution in [0.25, 0.3) is 11.1 Å². The van der Waals surface area contributed by atoms with Crippen molar-refractivity contribution in [3.8, 4) is 16.9 Å². The molecule has 2 aromatic heterocycles. The molecule has 0 spiro atoms. The van der Waals surface area contributed by atoms with E-state index in [2.05, 4.69) is 10.1 Å². The molecule has 1 aromatic carbocycles. The van der Waals surface area contributed by atoms with Crippen LogP contribution < -0.4 is 16.2 Å². The smallest absolute Gasteiger partial charge is 0.240 e. The number of nitrogen functional groups attached to an aromatic ring is 1. The molecule has 9 nitrogen and oxygen atoms in total. The molecule has 204 valence electrons. The lowest BCUT2D eigenvalue weighted by molar-refractivity contribution is -0.134. The number of carbonyl (C=O) groups excluding carboxylic acids is 1. The molecule has 0 unspecified atom stereocenters. The van der Waals surface area contributed by atoms with E-state index in [9.17, 15) is 9.18 Å². The van der Waals surface area contributed by atoms with Gasteiger partial charge in [0.05, 0.1) is 23.3 Å². The number of hydrogen-bond donors (Lipinski definition) is 2. The summed E-state index contributed by atoms with van der Waals surface area (Å²) in [6.07, 6.45) is 6.23. The Labute approximate surface area is 231 Å². The highest BCUT2D eigenvalue weighted by atomic mass is 35.5. The van der Waals surface area contributed by atoms with Crippen molar-refractivity contribution in [3.05, 3.63) is 58.2 Å². The zero-order chi connectivity index (χ0) is 27.6. The molecule has 0 saturated carbocycles. The first-order valence-corrected chi connectivity index (χ1v) is 13.1. The van der Waals surface area contributed by atoms with Crippen molar-refractivity contribution in [2.45, 2.75) is 38.0 Å². The van der Waals surface area contributed by atoms with Gasteiger partial charge in [0.15, 0.2) is 11.6 Å². The van der Waals surface area contributed by atoms with E-state index in [4.69, 9.17) is 39.4 Å². The molecule has 4 rings (SSSR count). The number of likely N-dealkylation sites (tertiary alicyclic amines) is 1. The van der Waals surface area contributed by atoms with Crippen LogP contribution in [0.15, 0.2) is 36.8 Å². The first kappa shape index (κ1) is 28.1. The summed E-state index contributed by atoms with van der Waals surface area (Å²) in [5.74, 6) is -0.101. The number of anilines is 1. The molecule has 0 radical (unpaired) electrons. The van der Waals surface area contributed by atoms with Gasteiger partial charge in [-0.25, -0.2) is 9.37 Å². The number of hydrogen-bond acceptors (Lipinski definition) is 7. The highest BCUT2D eigenvalue weighted by molar-refractivity contribution is 6.36. The molecule has 0 aliphatic carbocycles. The van der Waals surface area contributed by atoms with Gasteiger partial charge in [-0.05, 0) is 52.1 Å². The van der Waals surface area contributed by atoms with E-state index in [0.29, 0.717) is 36.0 Å². The molecule has 1 amide bonds. The first-order chi connectivity index (χ1) is 18.0. The third-order valence-electron chi connectivity index (χ3n) is 6.64. The second kappa shape index (κ2) is 11.9. The molecule has 3 aromatic rings. The summed E-state index contributed by atoms with van der Waals surface area (Å²) in [5, 5.41) is 4.76. The van der Waals surface area contributed by atoms with Crippen molar-refractivity contribution < 1.29 is 13.9 Å². The SMILES string of the molecule is C[C@@H](Oc1cc(-c2cnn(C3CCN(C(=O)[C@@H](N)CN(C)C)CC3)c2)cnc1N)c1c(Cl)ccc(F)c1Cl. The van der Waals surface area contributed by atoms with Crippen LogP contribution >= 0.6 is 23.2 Å². The largest absolute Gasteiger partial charge is 0.482 e. The molecule has 1 aliphatic rings. The maximum atomic E-state index is 14.0. The lowest BCUT2D eigenvalue weighted by Gasteiger charge is -2.34. The number of ether oxygens (including phenoxy) is 1. The Morgan fingerprint density at radius 1 is 1.24 bits per heavy atom. The highest BCUT2D eigenvalue weighted by Gasteiger charge is 2.28. The Hall–Kier alpha value is -2.92. The summed E-state index contributed by atoms with van der Waals surface area (Å²) in [6.45, 7) is 3.49. The van der Waals surface area contributed by atoms with E-state index < -0.39 is 18.0 Å². The summed E-state index contributed by atoms with van der Waals surface area (Å²) in [7, 11) is 3.80. The minimum absolute atomic E-state index is 0.0196. The van der Waals surface area contributed by atoms with Crippen LogP contribution in [0, 0.1) is 5.82 Å². The number of nitrogens with two attached hydrogens (primary N) is 2. The van der Waals surface area contributed by atoms with E-state index in [-0.39, 0.29) is 22.8 Å². The topological polar surface area (TPSA) is 116 Å². The highest BCUT2D eigenvalue weighted by Crippen LogP contribution is 2.37. The average Bonchev–Trinajstić information content (AvgIpc) is 3.37. The van der Waals surface area contributed by atoms with Crippen molar-refractivity contribution in [2.75, 3.05) is 39.5 Å². The van der Waals surface area contributed by atoms with Crippen LogP contribution in [0.3, 0.4) is 0 Å². The summed E-state index contributed by atoms with van der Waals surface area (Å²) in [6, 6.07) is 4.03. The number of halogens is 3. The number of rotatable bonds is 8. The van der Waals surface area contributed by atoms with Gasteiger partial charge in [-0.3, -0.25) is 9.48 Å². The van der Waals surface area contributed by atoms with Gasteiger partial charge in [-0.2, -0.15) is 5.10 Å². The Morgan fingerprint density at radius 3 is 2.63 bits per heavy atom. The van der Waals surface area contributed by atoms with Crippen molar-refractivity contribution in [1.29, 1.82) is 0 Å². The Kier molecular flexibility index (Phi) is 8.77. The van der Waals surface area contributed by atoms with Crippen LogP contribution in [0.1, 0.15) is 37.5 Å². The van der Waals surface area contributed by atoms with Gasteiger partial charge in [0.1, 0.15) is 11.9 Å². The fraction of sp³-hybridized carbons (Fsp3) is 0.423. The van der Waals surface area contributed by atoms with Gasteiger partial charge in [-0.15, -0.1) is 0 Å². The maximum absolute atomic E-state index is 14.0. The van der Waals surface area contributed by atoms with Crippen LogP contribution in [-0.4, -0.2) is 70.2 Å². The molecule has 3 heterocycles. The van der Waals surface area contributed by atoms with Crippen molar-refractivity contribution >= 4 is 34.9 Å². The van der Waals surface area contributed by atoms with Crippen LogP contribution in [0.2, 0.25) is 10.0 Å². The molecule has 38 heavy (non-hydrogen) atoms. The molecule has 1 saturated heterocycles. The zero-order valence-electron chi connectivity index (χ0n) is 21.6. The number of amides is 1. The molecular weight excluding hydrogens is 532 g/mol. The first-order valence-electron chi connectivity index (χ1n) is 12.3. The number of nitrogens with zero attached hydrogens (tertiary/aromatic N) is 5. The van der Waals surface area contributed by atoms with Crippen molar-refractivity contribution in [1.82, 2.24) is 24.6 Å². The lowest BCUT2D eigenvalue weighted by atomic mass is 10.0. The predicted octanol–water partition coefficient (Wildman–Crippen LogP) is 4.17. The number of aromatic nitrogens is 3. The van der Waals surface area contributed by atoms with Gasteiger partial charge in [-0.1, -0.05) is 23.2 Å². The molecule has 12 heteroatoms. The third-order valence-corrected chi connectivity index (χ3v) is 7.35. The number of pyridine rings is 1. The summed E-state index contributed by atoms with van der Waals surface area (Å²) >= 11 is 12.4. The zero-order valence-corrected chi connectivity index (χ0v) is 23.1. The minimum Gasteiger partial charge on any atom is -0.482 e. The van der Waals surface area contributed by atoms with Gasteiger partial charge >= 0.3 is 0 Å². The van der Waals surface area contributed by atoms with E-state index >= 15 is 0 Å². The fourth-order valence-electron chi connectivity index (χ4n) is 4.62. The Balaban J connectivity index is 1.44. The lowest BCUT2D eigenvalue weighted by Crippen LogP contribution is -2.50. The van der Waals surface area contributed by atoms with Crippen molar-refractivity contribution in [2.24, 2.45) is 5.73 Å². The van der Waals surface area contributed by atoms with E-state index in [1.807, 2.05) is 34.8 Å². The van der Waals surface area contributed by atoms with E-state index in [1.54, 1.807) is 25.4 Å². The summed E-state index contributed by atoms with van der Waals surface area (Å²) in [4.78, 5) is 20.7. The Morgan fingerprint density at radius 2 is 1.95 bits per heavy atom. The monoisotopic (exact) mass is 563 g/mol. The van der Waals surface area contributed by atoms with E-state index in [1.165, 1.54) is 12.1 Å². The van der Waals surface area contributed by atoms with Crippen LogP contribution in [-0.2, 0) is 4.79 Å². The minimum atomic E-state index is -0.675. The number of carbonyl (C=O) groups is 1. The molecule has 2 atom stereocenters. The van der Waals surface area contributed by atoms with Crippen molar-refractivity contribution in [3.63, 3.8) is 0 Å². The summed E-state index contributed by atoms with van der Waals surface area (Å²) in [5.41, 5.74) is 14.1.